The number of ether oxygens (including phenoxy) is 1. The van der Waals surface area contributed by atoms with Gasteiger partial charge in [-0.25, -0.2) is 12.8 Å². The molecule has 1 aromatic rings. The molecule has 0 saturated heterocycles. The van der Waals surface area contributed by atoms with Crippen molar-refractivity contribution in [3.05, 3.63) is 30.1 Å². The van der Waals surface area contributed by atoms with Gasteiger partial charge in [0, 0.05) is 0 Å². The summed E-state index contributed by atoms with van der Waals surface area (Å²) in [6, 6.07) is 3.96. The predicted molar refractivity (Wildman–Crippen MR) is 83.7 cm³/mol. The number of carbonyl (C=O) groups excluding carboxylic acids is 1. The Bertz CT molecular complexity index is 641. The molecule has 1 atom stereocenters. The van der Waals surface area contributed by atoms with E-state index in [2.05, 4.69) is 4.72 Å². The third-order valence-electron chi connectivity index (χ3n) is 4.00. The number of carbonyl (C=O) groups is 1. The molecular formula is C16H22FNO4S. The first-order chi connectivity index (χ1) is 10.9. The minimum atomic E-state index is -4.10. The number of sulfonamides is 1. The van der Waals surface area contributed by atoms with Crippen LogP contribution < -0.4 is 4.72 Å². The minimum absolute atomic E-state index is 0.310. The van der Waals surface area contributed by atoms with Gasteiger partial charge in [-0.15, -0.1) is 0 Å². The van der Waals surface area contributed by atoms with Gasteiger partial charge in [-0.05, 0) is 37.8 Å². The van der Waals surface area contributed by atoms with Gasteiger partial charge in [0.05, 0.1) is 6.61 Å². The maximum atomic E-state index is 13.6. The fourth-order valence-electron chi connectivity index (χ4n) is 2.69. The molecule has 2 rings (SSSR count). The number of nitrogens with one attached hydrogen (secondary N) is 1. The number of rotatable bonds is 6. The second-order valence-corrected chi connectivity index (χ2v) is 7.59. The van der Waals surface area contributed by atoms with Crippen molar-refractivity contribution >= 4 is 16.0 Å². The monoisotopic (exact) mass is 343 g/mol. The molecule has 0 bridgehead atoms. The average molecular weight is 343 g/mol. The van der Waals surface area contributed by atoms with E-state index in [1.807, 2.05) is 0 Å². The number of benzene rings is 1. The highest BCUT2D eigenvalue weighted by Gasteiger charge is 2.26. The van der Waals surface area contributed by atoms with E-state index in [9.17, 15) is 17.6 Å². The maximum Gasteiger partial charge on any atom is 0.323 e. The Kier molecular flexibility index (Phi) is 6.12. The van der Waals surface area contributed by atoms with E-state index in [0.717, 1.165) is 37.8 Å². The van der Waals surface area contributed by atoms with Crippen LogP contribution in [0.1, 0.15) is 39.0 Å². The second kappa shape index (κ2) is 7.88. The first-order valence-electron chi connectivity index (χ1n) is 7.83. The highest BCUT2D eigenvalue weighted by Crippen LogP contribution is 2.23. The van der Waals surface area contributed by atoms with E-state index >= 15 is 0 Å². The van der Waals surface area contributed by atoms with Crippen LogP contribution >= 0.6 is 0 Å². The van der Waals surface area contributed by atoms with Crippen molar-refractivity contribution in [1.82, 2.24) is 4.72 Å². The largest absolute Gasteiger partial charge is 0.464 e. The zero-order valence-corrected chi connectivity index (χ0v) is 13.9. The SMILES string of the molecule is C[C@@H](NS(=O)(=O)c1ccccc1F)C(=O)OCC1CCCCC1. The van der Waals surface area contributed by atoms with Gasteiger partial charge in [0.1, 0.15) is 16.8 Å². The summed E-state index contributed by atoms with van der Waals surface area (Å²) >= 11 is 0. The summed E-state index contributed by atoms with van der Waals surface area (Å²) in [7, 11) is -4.10. The summed E-state index contributed by atoms with van der Waals surface area (Å²) in [6.45, 7) is 1.70. The molecule has 0 amide bonds. The lowest BCUT2D eigenvalue weighted by Gasteiger charge is -2.22. The molecule has 1 saturated carbocycles. The number of hydrogen-bond donors (Lipinski definition) is 1. The summed E-state index contributed by atoms with van der Waals surface area (Å²) in [6.07, 6.45) is 5.55. The summed E-state index contributed by atoms with van der Waals surface area (Å²) in [5, 5.41) is 0. The highest BCUT2D eigenvalue weighted by molar-refractivity contribution is 7.89. The van der Waals surface area contributed by atoms with E-state index in [-0.39, 0.29) is 0 Å². The third kappa shape index (κ3) is 5.00. The molecule has 1 aromatic carbocycles. The van der Waals surface area contributed by atoms with Crippen LogP contribution in [0.5, 0.6) is 0 Å². The highest BCUT2D eigenvalue weighted by atomic mass is 32.2. The molecule has 0 unspecified atom stereocenters. The fourth-order valence-corrected chi connectivity index (χ4v) is 3.96. The smallest absolute Gasteiger partial charge is 0.323 e. The lowest BCUT2D eigenvalue weighted by Crippen LogP contribution is -2.40. The Balaban J connectivity index is 1.91. The molecule has 1 aliphatic rings. The minimum Gasteiger partial charge on any atom is -0.464 e. The van der Waals surface area contributed by atoms with Crippen LogP contribution in [-0.4, -0.2) is 27.0 Å². The first-order valence-corrected chi connectivity index (χ1v) is 9.32. The summed E-state index contributed by atoms with van der Waals surface area (Å²) in [5.41, 5.74) is 0. The Hall–Kier alpha value is -1.47. The molecule has 0 aliphatic heterocycles. The molecule has 5 nitrogen and oxygen atoms in total. The lowest BCUT2D eigenvalue weighted by atomic mass is 9.90. The summed E-state index contributed by atoms with van der Waals surface area (Å²) in [5.74, 6) is -1.15. The van der Waals surface area contributed by atoms with Crippen LogP contribution in [0.2, 0.25) is 0 Å². The van der Waals surface area contributed by atoms with Crippen molar-refractivity contribution in [2.45, 2.75) is 50.0 Å². The zero-order chi connectivity index (χ0) is 16.9. The molecule has 0 radical (unpaired) electrons. The van der Waals surface area contributed by atoms with Crippen molar-refractivity contribution in [2.24, 2.45) is 5.92 Å². The molecule has 1 aliphatic carbocycles. The quantitative estimate of drug-likeness (QED) is 0.806. The second-order valence-electron chi connectivity index (χ2n) is 5.91. The molecule has 1 N–H and O–H groups in total. The van der Waals surface area contributed by atoms with E-state index in [1.165, 1.54) is 25.5 Å². The summed E-state index contributed by atoms with van der Waals surface area (Å²) in [4.78, 5) is 11.5. The zero-order valence-electron chi connectivity index (χ0n) is 13.1. The van der Waals surface area contributed by atoms with Crippen molar-refractivity contribution < 1.29 is 22.3 Å². The normalized spacial score (nSPS) is 17.7. The maximum absolute atomic E-state index is 13.6. The number of esters is 1. The Morgan fingerprint density at radius 1 is 1.30 bits per heavy atom. The van der Waals surface area contributed by atoms with Gasteiger partial charge in [-0.2, -0.15) is 4.72 Å². The van der Waals surface area contributed by atoms with E-state index in [4.69, 9.17) is 4.74 Å². The van der Waals surface area contributed by atoms with Crippen LogP contribution in [-0.2, 0) is 19.6 Å². The number of halogens is 1. The standard InChI is InChI=1S/C16H22FNO4S/c1-12(16(19)22-11-13-7-3-2-4-8-13)18-23(20,21)15-10-6-5-9-14(15)17/h5-6,9-10,12-13,18H,2-4,7-8,11H2,1H3/t12-/m1/s1. The fraction of sp³-hybridized carbons (Fsp3) is 0.562. The van der Waals surface area contributed by atoms with Gasteiger partial charge < -0.3 is 4.74 Å². The molecule has 0 spiro atoms. The number of hydrogen-bond acceptors (Lipinski definition) is 4. The molecule has 0 aromatic heterocycles. The van der Waals surface area contributed by atoms with Crippen molar-refractivity contribution in [3.8, 4) is 0 Å². The van der Waals surface area contributed by atoms with Gasteiger partial charge in [0.2, 0.25) is 10.0 Å². The van der Waals surface area contributed by atoms with Crippen molar-refractivity contribution in [3.63, 3.8) is 0 Å². The van der Waals surface area contributed by atoms with E-state index < -0.39 is 32.7 Å². The van der Waals surface area contributed by atoms with Gasteiger partial charge in [0.15, 0.2) is 0 Å². The van der Waals surface area contributed by atoms with Crippen molar-refractivity contribution in [1.29, 1.82) is 0 Å². The third-order valence-corrected chi connectivity index (χ3v) is 5.57. The van der Waals surface area contributed by atoms with E-state index in [0.29, 0.717) is 12.5 Å². The van der Waals surface area contributed by atoms with Gasteiger partial charge in [0.25, 0.3) is 0 Å². The lowest BCUT2D eigenvalue weighted by molar-refractivity contribution is -0.146. The van der Waals surface area contributed by atoms with Crippen LogP contribution in [0.3, 0.4) is 0 Å². The average Bonchev–Trinajstić information content (AvgIpc) is 2.53. The molecule has 0 heterocycles. The summed E-state index contributed by atoms with van der Waals surface area (Å²) < 4.78 is 45.2. The van der Waals surface area contributed by atoms with Crippen LogP contribution in [0.25, 0.3) is 0 Å². The van der Waals surface area contributed by atoms with Crippen LogP contribution in [0, 0.1) is 11.7 Å². The molecule has 1 fully saturated rings. The van der Waals surface area contributed by atoms with E-state index in [1.54, 1.807) is 0 Å². The predicted octanol–water partition coefficient (Wildman–Crippen LogP) is 2.62. The molecule has 7 heteroatoms. The van der Waals surface area contributed by atoms with Gasteiger partial charge >= 0.3 is 5.97 Å². The molecular weight excluding hydrogens is 321 g/mol. The first kappa shape index (κ1) is 17.9. The van der Waals surface area contributed by atoms with Crippen molar-refractivity contribution in [2.75, 3.05) is 6.61 Å². The molecule has 128 valence electrons. The molecule has 23 heavy (non-hydrogen) atoms. The Labute approximate surface area is 136 Å². The Morgan fingerprint density at radius 3 is 2.61 bits per heavy atom. The Morgan fingerprint density at radius 2 is 1.96 bits per heavy atom. The van der Waals surface area contributed by atoms with Crippen LogP contribution in [0.4, 0.5) is 4.39 Å². The van der Waals surface area contributed by atoms with Gasteiger partial charge in [-0.3, -0.25) is 4.79 Å². The van der Waals surface area contributed by atoms with Crippen LogP contribution in [0.15, 0.2) is 29.2 Å². The topological polar surface area (TPSA) is 72.5 Å². The van der Waals surface area contributed by atoms with Gasteiger partial charge in [-0.1, -0.05) is 31.4 Å².